The lowest BCUT2D eigenvalue weighted by Gasteiger charge is -2.18. The molecule has 2 rings (SSSR count). The lowest BCUT2D eigenvalue weighted by atomic mass is 10.1. The maximum absolute atomic E-state index is 12.6. The highest BCUT2D eigenvalue weighted by molar-refractivity contribution is 7.89. The van der Waals surface area contributed by atoms with E-state index in [0.717, 1.165) is 5.56 Å². The molecule has 0 radical (unpaired) electrons. The van der Waals surface area contributed by atoms with Crippen LogP contribution < -0.4 is 14.8 Å². The zero-order valence-corrected chi connectivity index (χ0v) is 13.4. The fourth-order valence-corrected chi connectivity index (χ4v) is 4.36. The monoisotopic (exact) mass is 312 g/mol. The van der Waals surface area contributed by atoms with Crippen molar-refractivity contribution in [2.75, 3.05) is 13.7 Å². The van der Waals surface area contributed by atoms with Crippen molar-refractivity contribution in [1.82, 2.24) is 10.0 Å². The number of hydrogen-bond acceptors (Lipinski definition) is 4. The van der Waals surface area contributed by atoms with Gasteiger partial charge >= 0.3 is 0 Å². The summed E-state index contributed by atoms with van der Waals surface area (Å²) >= 11 is 0. The Morgan fingerprint density at radius 1 is 1.29 bits per heavy atom. The van der Waals surface area contributed by atoms with Crippen LogP contribution in [0.15, 0.2) is 11.0 Å². The van der Waals surface area contributed by atoms with Crippen LogP contribution in [0, 0.1) is 20.8 Å². The fourth-order valence-electron chi connectivity index (χ4n) is 2.60. The largest absolute Gasteiger partial charge is 0.496 e. The molecule has 1 atom stereocenters. The van der Waals surface area contributed by atoms with Crippen LogP contribution in [0.5, 0.6) is 5.75 Å². The third-order valence-corrected chi connectivity index (χ3v) is 5.57. The first-order chi connectivity index (χ1) is 9.77. The average molecular weight is 312 g/mol. The predicted octanol–water partition coefficient (Wildman–Crippen LogP) is 0.787. The first-order valence-corrected chi connectivity index (χ1v) is 8.21. The Morgan fingerprint density at radius 2 is 1.95 bits per heavy atom. The Labute approximate surface area is 124 Å². The number of benzene rings is 1. The van der Waals surface area contributed by atoms with Crippen LogP contribution >= 0.6 is 0 Å². The summed E-state index contributed by atoms with van der Waals surface area (Å²) in [5.41, 5.74) is 2.01. The van der Waals surface area contributed by atoms with E-state index in [-0.39, 0.29) is 10.8 Å². The molecule has 1 heterocycles. The minimum atomic E-state index is -3.75. The van der Waals surface area contributed by atoms with Crippen molar-refractivity contribution in [3.63, 3.8) is 0 Å². The van der Waals surface area contributed by atoms with Gasteiger partial charge in [0.25, 0.3) is 0 Å². The van der Waals surface area contributed by atoms with Crippen molar-refractivity contribution in [2.24, 2.45) is 0 Å². The summed E-state index contributed by atoms with van der Waals surface area (Å²) in [4.78, 5) is 11.8. The van der Waals surface area contributed by atoms with Crippen molar-refractivity contribution >= 4 is 15.9 Å². The van der Waals surface area contributed by atoms with Crippen molar-refractivity contribution in [3.8, 4) is 5.75 Å². The Bertz CT molecular complexity index is 683. The van der Waals surface area contributed by atoms with Gasteiger partial charge < -0.3 is 10.1 Å². The second-order valence-electron chi connectivity index (χ2n) is 5.23. The molecular formula is C14H20N2O4S. The molecule has 1 aromatic carbocycles. The van der Waals surface area contributed by atoms with E-state index in [0.29, 0.717) is 29.8 Å². The Balaban J connectivity index is 2.45. The molecule has 7 heteroatoms. The summed E-state index contributed by atoms with van der Waals surface area (Å²) in [6, 6.07) is 1.00. The third kappa shape index (κ3) is 2.89. The van der Waals surface area contributed by atoms with Gasteiger partial charge in [-0.2, -0.15) is 4.72 Å². The van der Waals surface area contributed by atoms with E-state index in [1.54, 1.807) is 27.0 Å². The second kappa shape index (κ2) is 5.65. The van der Waals surface area contributed by atoms with Crippen LogP contribution in [-0.4, -0.2) is 34.0 Å². The van der Waals surface area contributed by atoms with Gasteiger partial charge in [0.05, 0.1) is 12.0 Å². The molecule has 0 saturated carbocycles. The van der Waals surface area contributed by atoms with E-state index in [2.05, 4.69) is 10.0 Å². The maximum Gasteiger partial charge on any atom is 0.241 e. The van der Waals surface area contributed by atoms with E-state index in [1.807, 2.05) is 6.92 Å². The smallest absolute Gasteiger partial charge is 0.241 e. The maximum atomic E-state index is 12.6. The fraction of sp³-hybridized carbons (Fsp3) is 0.500. The van der Waals surface area contributed by atoms with Gasteiger partial charge in [0.2, 0.25) is 15.9 Å². The highest BCUT2D eigenvalue weighted by atomic mass is 32.2. The van der Waals surface area contributed by atoms with Crippen LogP contribution in [0.4, 0.5) is 0 Å². The average Bonchev–Trinajstić information content (AvgIpc) is 2.78. The highest BCUT2D eigenvalue weighted by Gasteiger charge is 2.31. The second-order valence-corrected chi connectivity index (χ2v) is 6.88. The number of carbonyl (C=O) groups excluding carboxylic acids is 1. The van der Waals surface area contributed by atoms with E-state index in [9.17, 15) is 13.2 Å². The van der Waals surface area contributed by atoms with Gasteiger partial charge in [0.1, 0.15) is 11.8 Å². The van der Waals surface area contributed by atoms with Gasteiger partial charge in [0.15, 0.2) is 0 Å². The number of ether oxygens (including phenoxy) is 1. The van der Waals surface area contributed by atoms with Gasteiger partial charge in [-0.3, -0.25) is 4.79 Å². The Kier molecular flexibility index (Phi) is 4.25. The number of hydrogen-bond donors (Lipinski definition) is 2. The van der Waals surface area contributed by atoms with Crippen LogP contribution in [0.1, 0.15) is 23.1 Å². The summed E-state index contributed by atoms with van der Waals surface area (Å²) in [7, 11) is -2.20. The number of sulfonamides is 1. The zero-order valence-electron chi connectivity index (χ0n) is 12.6. The molecule has 1 amide bonds. The van der Waals surface area contributed by atoms with Crippen molar-refractivity contribution in [3.05, 3.63) is 22.8 Å². The van der Waals surface area contributed by atoms with E-state index < -0.39 is 16.1 Å². The summed E-state index contributed by atoms with van der Waals surface area (Å²) in [5.74, 6) is 0.377. The highest BCUT2D eigenvalue weighted by Crippen LogP contribution is 2.30. The lowest BCUT2D eigenvalue weighted by molar-refractivity contribution is -0.120. The van der Waals surface area contributed by atoms with Gasteiger partial charge in [-0.05, 0) is 49.9 Å². The molecule has 2 N–H and O–H groups in total. The van der Waals surface area contributed by atoms with Crippen molar-refractivity contribution in [1.29, 1.82) is 0 Å². The molecule has 6 nitrogen and oxygen atoms in total. The van der Waals surface area contributed by atoms with Gasteiger partial charge in [0, 0.05) is 6.54 Å². The number of carbonyl (C=O) groups is 1. The number of aryl methyl sites for hydroxylation is 1. The summed E-state index contributed by atoms with van der Waals surface area (Å²) in [5, 5.41) is 2.62. The number of methoxy groups -OCH3 is 1. The molecule has 1 saturated heterocycles. The normalized spacial score (nSPS) is 18.7. The van der Waals surface area contributed by atoms with Gasteiger partial charge in [-0.25, -0.2) is 8.42 Å². The number of amides is 1. The van der Waals surface area contributed by atoms with E-state index >= 15 is 0 Å². The first-order valence-electron chi connectivity index (χ1n) is 6.72. The predicted molar refractivity (Wildman–Crippen MR) is 78.9 cm³/mol. The lowest BCUT2D eigenvalue weighted by Crippen LogP contribution is -2.40. The van der Waals surface area contributed by atoms with Crippen LogP contribution in [-0.2, 0) is 14.8 Å². The number of nitrogens with one attached hydrogen (secondary N) is 2. The molecule has 21 heavy (non-hydrogen) atoms. The molecule has 0 unspecified atom stereocenters. The standard InChI is InChI=1S/C14H20N2O4S/c1-8-7-12(20-4)9(2)10(3)13(8)21(18,19)16-11-5-6-15-14(11)17/h7,11,16H,5-6H2,1-4H3,(H,15,17)/t11-/m1/s1. The number of rotatable bonds is 4. The molecule has 1 fully saturated rings. The first kappa shape index (κ1) is 15.8. The molecule has 0 bridgehead atoms. The SMILES string of the molecule is COc1cc(C)c(S(=O)(=O)N[C@@H]2CCNC2=O)c(C)c1C. The molecule has 1 aliphatic heterocycles. The summed E-state index contributed by atoms with van der Waals surface area (Å²) in [6.07, 6.45) is 0.464. The zero-order chi connectivity index (χ0) is 15.8. The van der Waals surface area contributed by atoms with E-state index in [1.165, 1.54) is 0 Å². The topological polar surface area (TPSA) is 84.5 Å². The molecule has 0 aromatic heterocycles. The minimum absolute atomic E-state index is 0.223. The minimum Gasteiger partial charge on any atom is -0.496 e. The Morgan fingerprint density at radius 3 is 2.48 bits per heavy atom. The van der Waals surface area contributed by atoms with Crippen LogP contribution in [0.2, 0.25) is 0 Å². The van der Waals surface area contributed by atoms with Gasteiger partial charge in [-0.15, -0.1) is 0 Å². The molecular weight excluding hydrogens is 292 g/mol. The molecule has 0 aliphatic carbocycles. The van der Waals surface area contributed by atoms with E-state index in [4.69, 9.17) is 4.74 Å². The third-order valence-electron chi connectivity index (χ3n) is 3.81. The molecule has 0 spiro atoms. The summed E-state index contributed by atoms with van der Waals surface area (Å²) < 4.78 is 32.9. The van der Waals surface area contributed by atoms with Crippen molar-refractivity contribution in [2.45, 2.75) is 38.1 Å². The molecule has 1 aliphatic rings. The van der Waals surface area contributed by atoms with Gasteiger partial charge in [-0.1, -0.05) is 0 Å². The Hall–Kier alpha value is -1.60. The summed E-state index contributed by atoms with van der Waals surface area (Å²) in [6.45, 7) is 5.77. The molecule has 1 aromatic rings. The van der Waals surface area contributed by atoms with Crippen molar-refractivity contribution < 1.29 is 17.9 Å². The van der Waals surface area contributed by atoms with Crippen LogP contribution in [0.3, 0.4) is 0 Å². The molecule has 116 valence electrons. The quantitative estimate of drug-likeness (QED) is 0.861. The van der Waals surface area contributed by atoms with Crippen LogP contribution in [0.25, 0.3) is 0 Å².